The van der Waals surface area contributed by atoms with E-state index in [1.54, 1.807) is 0 Å². The maximum atomic E-state index is 10.4. The third kappa shape index (κ3) is 4.85. The molecule has 1 aliphatic rings. The van der Waals surface area contributed by atoms with E-state index in [2.05, 4.69) is 5.32 Å². The smallest absolute Gasteiger partial charge is 0.302 e. The second-order valence-corrected chi connectivity index (χ2v) is 3.16. The molecule has 76 valence electrons. The van der Waals surface area contributed by atoms with E-state index < -0.39 is 0 Å². The number of esters is 1. The zero-order chi connectivity index (χ0) is 9.52. The van der Waals surface area contributed by atoms with Crippen molar-refractivity contribution in [3.05, 3.63) is 0 Å². The number of hydrogen-bond donors (Lipinski definition) is 1. The van der Waals surface area contributed by atoms with Crippen molar-refractivity contribution < 1.29 is 14.3 Å². The summed E-state index contributed by atoms with van der Waals surface area (Å²) in [5.74, 6) is -0.242. The zero-order valence-electron chi connectivity index (χ0n) is 8.04. The van der Waals surface area contributed by atoms with Gasteiger partial charge in [0.2, 0.25) is 0 Å². The number of nitrogens with one attached hydrogen (secondary N) is 1. The van der Waals surface area contributed by atoms with Crippen LogP contribution < -0.4 is 5.32 Å². The second kappa shape index (κ2) is 5.94. The molecule has 13 heavy (non-hydrogen) atoms. The molecular weight excluding hydrogens is 170 g/mol. The Morgan fingerprint density at radius 3 is 2.69 bits per heavy atom. The molecule has 0 aliphatic carbocycles. The Bertz CT molecular complexity index is 155. The van der Waals surface area contributed by atoms with E-state index in [0.717, 1.165) is 25.9 Å². The lowest BCUT2D eigenvalue weighted by Gasteiger charge is -2.22. The van der Waals surface area contributed by atoms with Crippen molar-refractivity contribution >= 4 is 5.97 Å². The molecule has 4 heteroatoms. The van der Waals surface area contributed by atoms with Crippen LogP contribution in [0.3, 0.4) is 0 Å². The van der Waals surface area contributed by atoms with E-state index in [9.17, 15) is 4.79 Å². The molecule has 0 aromatic heterocycles. The molecule has 1 aliphatic heterocycles. The van der Waals surface area contributed by atoms with Crippen molar-refractivity contribution in [1.82, 2.24) is 5.32 Å². The zero-order valence-corrected chi connectivity index (χ0v) is 8.04. The first kappa shape index (κ1) is 10.5. The van der Waals surface area contributed by atoms with Gasteiger partial charge in [-0.1, -0.05) is 0 Å². The summed E-state index contributed by atoms with van der Waals surface area (Å²) in [5, 5.41) is 3.26. The van der Waals surface area contributed by atoms with Gasteiger partial charge in [-0.2, -0.15) is 0 Å². The van der Waals surface area contributed by atoms with Gasteiger partial charge >= 0.3 is 5.97 Å². The van der Waals surface area contributed by atoms with Crippen molar-refractivity contribution in [3.63, 3.8) is 0 Å². The van der Waals surface area contributed by atoms with Crippen LogP contribution in [0, 0.1) is 0 Å². The van der Waals surface area contributed by atoms with Crippen LogP contribution >= 0.6 is 0 Å². The molecule has 0 spiro atoms. The highest BCUT2D eigenvalue weighted by Crippen LogP contribution is 2.06. The van der Waals surface area contributed by atoms with Crippen LogP contribution in [-0.2, 0) is 14.3 Å². The molecule has 1 heterocycles. The van der Waals surface area contributed by atoms with Gasteiger partial charge in [0.25, 0.3) is 0 Å². The predicted molar refractivity (Wildman–Crippen MR) is 48.5 cm³/mol. The third-order valence-corrected chi connectivity index (χ3v) is 2.03. The standard InChI is InChI=1S/C9H17NO3/c1-8(11)12-6-7-13-9-2-4-10-5-3-9/h9-10H,2-7H2,1H3. The fraction of sp³-hybridized carbons (Fsp3) is 0.889. The number of rotatable bonds is 4. The molecule has 0 radical (unpaired) electrons. The Labute approximate surface area is 78.6 Å². The Morgan fingerprint density at radius 2 is 2.08 bits per heavy atom. The summed E-state index contributed by atoms with van der Waals surface area (Å²) in [5.41, 5.74) is 0. The lowest BCUT2D eigenvalue weighted by molar-refractivity contribution is -0.143. The van der Waals surface area contributed by atoms with Crippen LogP contribution in [0.1, 0.15) is 19.8 Å². The summed E-state index contributed by atoms with van der Waals surface area (Å²) >= 11 is 0. The molecule has 4 nitrogen and oxygen atoms in total. The van der Waals surface area contributed by atoms with Crippen molar-refractivity contribution in [2.75, 3.05) is 26.3 Å². The molecule has 1 N–H and O–H groups in total. The van der Waals surface area contributed by atoms with Gasteiger partial charge in [0.05, 0.1) is 12.7 Å². The summed E-state index contributed by atoms with van der Waals surface area (Å²) in [6.45, 7) is 4.35. The van der Waals surface area contributed by atoms with Crippen LogP contribution in [0.25, 0.3) is 0 Å². The first-order valence-electron chi connectivity index (χ1n) is 4.74. The molecule has 0 bridgehead atoms. The second-order valence-electron chi connectivity index (χ2n) is 3.16. The van der Waals surface area contributed by atoms with Crippen molar-refractivity contribution in [2.45, 2.75) is 25.9 Å². The number of piperidine rings is 1. The Balaban J connectivity index is 1.95. The minimum Gasteiger partial charge on any atom is -0.463 e. The van der Waals surface area contributed by atoms with Gasteiger partial charge in [-0.3, -0.25) is 4.79 Å². The predicted octanol–water partition coefficient (Wildman–Crippen LogP) is 0.318. The number of hydrogen-bond acceptors (Lipinski definition) is 4. The average Bonchev–Trinajstić information content (AvgIpc) is 2.14. The highest BCUT2D eigenvalue weighted by molar-refractivity contribution is 5.65. The van der Waals surface area contributed by atoms with Gasteiger partial charge < -0.3 is 14.8 Å². The first-order chi connectivity index (χ1) is 6.29. The van der Waals surface area contributed by atoms with Crippen LogP contribution in [0.15, 0.2) is 0 Å². The molecule has 0 amide bonds. The summed E-state index contributed by atoms with van der Waals surface area (Å²) in [4.78, 5) is 10.4. The van der Waals surface area contributed by atoms with Gasteiger partial charge in [-0.15, -0.1) is 0 Å². The van der Waals surface area contributed by atoms with E-state index in [-0.39, 0.29) is 5.97 Å². The van der Waals surface area contributed by atoms with Gasteiger partial charge in [-0.25, -0.2) is 0 Å². The average molecular weight is 187 g/mol. The number of ether oxygens (including phenoxy) is 2. The minimum atomic E-state index is -0.242. The normalized spacial score (nSPS) is 18.5. The van der Waals surface area contributed by atoms with Crippen molar-refractivity contribution in [2.24, 2.45) is 0 Å². The molecule has 1 fully saturated rings. The maximum absolute atomic E-state index is 10.4. The van der Waals surface area contributed by atoms with Crippen molar-refractivity contribution in [1.29, 1.82) is 0 Å². The summed E-state index contributed by atoms with van der Waals surface area (Å²) in [6, 6.07) is 0. The highest BCUT2D eigenvalue weighted by Gasteiger charge is 2.12. The molecule has 0 aromatic rings. The molecule has 1 rings (SSSR count). The van der Waals surface area contributed by atoms with Crippen LogP contribution in [0.2, 0.25) is 0 Å². The van der Waals surface area contributed by atoms with Gasteiger partial charge in [-0.05, 0) is 25.9 Å². The van der Waals surface area contributed by atoms with E-state index in [0.29, 0.717) is 19.3 Å². The van der Waals surface area contributed by atoms with E-state index in [1.807, 2.05) is 0 Å². The molecule has 1 saturated heterocycles. The third-order valence-electron chi connectivity index (χ3n) is 2.03. The highest BCUT2D eigenvalue weighted by atomic mass is 16.6. The number of carbonyl (C=O) groups is 1. The van der Waals surface area contributed by atoms with Crippen LogP contribution in [0.5, 0.6) is 0 Å². The van der Waals surface area contributed by atoms with Gasteiger partial charge in [0.1, 0.15) is 6.61 Å². The largest absolute Gasteiger partial charge is 0.463 e. The topological polar surface area (TPSA) is 47.6 Å². The quantitative estimate of drug-likeness (QED) is 0.508. The Hall–Kier alpha value is -0.610. The molecule has 0 aromatic carbocycles. The Kier molecular flexibility index (Phi) is 4.78. The molecule has 0 atom stereocenters. The summed E-state index contributed by atoms with van der Waals surface area (Å²) < 4.78 is 10.3. The van der Waals surface area contributed by atoms with Gasteiger partial charge in [0, 0.05) is 6.92 Å². The fourth-order valence-electron chi connectivity index (χ4n) is 1.36. The number of carbonyl (C=O) groups excluding carboxylic acids is 1. The molecular formula is C9H17NO3. The Morgan fingerprint density at radius 1 is 1.38 bits per heavy atom. The van der Waals surface area contributed by atoms with E-state index in [4.69, 9.17) is 9.47 Å². The van der Waals surface area contributed by atoms with E-state index in [1.165, 1.54) is 6.92 Å². The molecule has 0 saturated carbocycles. The van der Waals surface area contributed by atoms with Gasteiger partial charge in [0.15, 0.2) is 0 Å². The van der Waals surface area contributed by atoms with Crippen molar-refractivity contribution in [3.8, 4) is 0 Å². The minimum absolute atomic E-state index is 0.242. The van der Waals surface area contributed by atoms with Crippen LogP contribution in [0.4, 0.5) is 0 Å². The maximum Gasteiger partial charge on any atom is 0.302 e. The lowest BCUT2D eigenvalue weighted by Crippen LogP contribution is -2.33. The first-order valence-corrected chi connectivity index (χ1v) is 4.74. The van der Waals surface area contributed by atoms with E-state index >= 15 is 0 Å². The van der Waals surface area contributed by atoms with Crippen LogP contribution in [-0.4, -0.2) is 38.4 Å². The summed E-state index contributed by atoms with van der Waals surface area (Å²) in [6.07, 6.45) is 2.46. The SMILES string of the molecule is CC(=O)OCCOC1CCNCC1. The monoisotopic (exact) mass is 187 g/mol. The fourth-order valence-corrected chi connectivity index (χ4v) is 1.36. The molecule has 0 unspecified atom stereocenters. The summed E-state index contributed by atoms with van der Waals surface area (Å²) in [7, 11) is 0. The lowest BCUT2D eigenvalue weighted by atomic mass is 10.1.